The number of nitrogens with two attached hydrogens (primary N) is 1. The smallest absolute Gasteiger partial charge is 0.394 e. The highest BCUT2D eigenvalue weighted by Crippen LogP contribution is 2.10. The third-order valence-corrected chi connectivity index (χ3v) is 3.97. The molecule has 0 fully saturated rings. The second-order valence-corrected chi connectivity index (χ2v) is 7.08. The molecule has 0 heterocycles. The molecule has 17 heteroatoms. The van der Waals surface area contributed by atoms with Gasteiger partial charge in [-0.2, -0.15) is 8.42 Å². The molecule has 0 bridgehead atoms. The van der Waals surface area contributed by atoms with Crippen LogP contribution in [0.25, 0.3) is 0 Å². The quantitative estimate of drug-likeness (QED) is 0.0865. The maximum Gasteiger partial charge on any atom is 0.397 e. The van der Waals surface area contributed by atoms with E-state index >= 15 is 0 Å². The van der Waals surface area contributed by atoms with Crippen molar-refractivity contribution in [1.29, 1.82) is 0 Å². The van der Waals surface area contributed by atoms with E-state index in [-0.39, 0.29) is 12.6 Å². The van der Waals surface area contributed by atoms with Crippen LogP contribution in [-0.4, -0.2) is 129 Å². The summed E-state index contributed by atoms with van der Waals surface area (Å²) < 4.78 is 33.1. The van der Waals surface area contributed by atoms with Crippen LogP contribution in [0, 0.1) is 0 Å². The Morgan fingerprint density at radius 3 is 1.74 bits per heavy atom. The van der Waals surface area contributed by atoms with Gasteiger partial charge in [0.25, 0.3) is 0 Å². The number of amides is 1. The van der Waals surface area contributed by atoms with Crippen molar-refractivity contribution in [2.45, 2.75) is 55.6 Å². The van der Waals surface area contributed by atoms with E-state index in [2.05, 4.69) is 9.50 Å². The molecule has 0 aliphatic carbocycles. The Labute approximate surface area is 176 Å². The third kappa shape index (κ3) is 12.7. The summed E-state index contributed by atoms with van der Waals surface area (Å²) in [6.07, 6.45) is -10.3. The molecule has 11 N–H and O–H groups in total. The van der Waals surface area contributed by atoms with E-state index in [4.69, 9.17) is 30.7 Å². The molecule has 0 unspecified atom stereocenters. The van der Waals surface area contributed by atoms with Gasteiger partial charge in [-0.25, -0.2) is 4.18 Å². The summed E-state index contributed by atoms with van der Waals surface area (Å²) in [7, 11) is -4.96. The molecule has 31 heavy (non-hydrogen) atoms. The molecule has 1 amide bonds. The largest absolute Gasteiger partial charge is 0.397 e. The number of aldehydes is 2. The molecule has 0 aromatic carbocycles. The van der Waals surface area contributed by atoms with Gasteiger partial charge in [-0.15, -0.1) is 0 Å². The Balaban J connectivity index is 0. The molecule has 0 aliphatic heterocycles. The van der Waals surface area contributed by atoms with Crippen LogP contribution in [0.15, 0.2) is 0 Å². The molecule has 16 nitrogen and oxygen atoms in total. The second-order valence-electron chi connectivity index (χ2n) is 6.04. The van der Waals surface area contributed by atoms with Crippen molar-refractivity contribution in [3.05, 3.63) is 0 Å². The second kappa shape index (κ2) is 15.2. The summed E-state index contributed by atoms with van der Waals surface area (Å²) in [4.78, 5) is 31.4. The summed E-state index contributed by atoms with van der Waals surface area (Å²) in [5.74, 6) is -0.558. The van der Waals surface area contributed by atoms with Crippen LogP contribution in [0.4, 0.5) is 0 Å². The van der Waals surface area contributed by atoms with Crippen molar-refractivity contribution in [2.24, 2.45) is 5.73 Å². The van der Waals surface area contributed by atoms with Gasteiger partial charge in [0.15, 0.2) is 0 Å². The summed E-state index contributed by atoms with van der Waals surface area (Å²) in [5, 5.41) is 65.0. The Morgan fingerprint density at radius 1 is 0.968 bits per heavy atom. The summed E-state index contributed by atoms with van der Waals surface area (Å²) >= 11 is 0. The van der Waals surface area contributed by atoms with Gasteiger partial charge in [-0.1, -0.05) is 0 Å². The topological polar surface area (TPSA) is 294 Å². The van der Waals surface area contributed by atoms with Crippen molar-refractivity contribution >= 4 is 28.9 Å². The van der Waals surface area contributed by atoms with E-state index in [0.29, 0.717) is 0 Å². The molecule has 0 aromatic rings. The standard InChI is InChI=1S/C8H15NO6.C6H13NO8S/c1-4(12)9-5(2-10)7(14)8(15)6(13)3-11;7-3(1-8)6(15-16(12,13)14)5(11)4(10)2-9/h2,5-8,11,13-15H,3H2,1H3,(H,9,12);1,3-6,9-11H,2,7H2,(H,12,13,14)/t5-,6-,7-,8-;3-,4+,5+,6+/m10/s1. The first-order chi connectivity index (χ1) is 14.2. The van der Waals surface area contributed by atoms with Gasteiger partial charge in [0.1, 0.15) is 55.2 Å². The van der Waals surface area contributed by atoms with Crippen LogP contribution >= 0.6 is 0 Å². The first-order valence-electron chi connectivity index (χ1n) is 8.37. The highest BCUT2D eigenvalue weighted by molar-refractivity contribution is 7.80. The van der Waals surface area contributed by atoms with Gasteiger partial charge in [0.2, 0.25) is 5.91 Å². The number of carbonyl (C=O) groups excluding carboxylic acids is 3. The molecule has 0 saturated carbocycles. The molecule has 184 valence electrons. The highest BCUT2D eigenvalue weighted by atomic mass is 32.3. The minimum atomic E-state index is -4.96. The van der Waals surface area contributed by atoms with Gasteiger partial charge in [-0.05, 0) is 0 Å². The lowest BCUT2D eigenvalue weighted by Crippen LogP contribution is -2.53. The maximum absolute atomic E-state index is 10.6. The van der Waals surface area contributed by atoms with Crippen LogP contribution in [0.1, 0.15) is 6.92 Å². The fourth-order valence-corrected chi connectivity index (χ4v) is 2.40. The van der Waals surface area contributed by atoms with E-state index in [1.807, 2.05) is 0 Å². The van der Waals surface area contributed by atoms with Gasteiger partial charge >= 0.3 is 10.4 Å². The van der Waals surface area contributed by atoms with Crippen molar-refractivity contribution in [3.63, 3.8) is 0 Å². The fraction of sp³-hybridized carbons (Fsp3) is 0.786. The number of aliphatic hydroxyl groups is 7. The zero-order chi connectivity index (χ0) is 24.9. The van der Waals surface area contributed by atoms with Gasteiger partial charge in [-0.3, -0.25) is 9.35 Å². The first kappa shape index (κ1) is 31.5. The maximum atomic E-state index is 10.6. The molecule has 8 atom stereocenters. The minimum absolute atomic E-state index is 0.0587. The average Bonchev–Trinajstić information content (AvgIpc) is 2.71. The summed E-state index contributed by atoms with van der Waals surface area (Å²) in [5.41, 5.74) is 5.10. The lowest BCUT2D eigenvalue weighted by molar-refractivity contribution is -0.129. The molecular formula is C14H28N2O14S. The zero-order valence-electron chi connectivity index (χ0n) is 16.2. The normalized spacial score (nSPS) is 19.3. The third-order valence-electron chi connectivity index (χ3n) is 3.50. The summed E-state index contributed by atoms with van der Waals surface area (Å²) in [6.45, 7) is -0.528. The molecule has 0 aromatic heterocycles. The van der Waals surface area contributed by atoms with E-state index in [0.717, 1.165) is 6.92 Å². The minimum Gasteiger partial charge on any atom is -0.394 e. The van der Waals surface area contributed by atoms with E-state index in [1.165, 1.54) is 0 Å². The molecule has 0 aliphatic rings. The van der Waals surface area contributed by atoms with Crippen molar-refractivity contribution in [2.75, 3.05) is 13.2 Å². The van der Waals surface area contributed by atoms with Crippen molar-refractivity contribution in [1.82, 2.24) is 5.32 Å². The number of rotatable bonds is 13. The summed E-state index contributed by atoms with van der Waals surface area (Å²) in [6, 6.07) is -2.92. The number of hydrogen-bond donors (Lipinski definition) is 10. The fourth-order valence-electron chi connectivity index (χ4n) is 1.88. The lowest BCUT2D eigenvalue weighted by atomic mass is 10.0. The Hall–Kier alpha value is -1.64. The van der Waals surface area contributed by atoms with E-state index in [1.54, 1.807) is 0 Å². The molecular weight excluding hydrogens is 452 g/mol. The lowest BCUT2D eigenvalue weighted by Gasteiger charge is -2.26. The molecule has 0 radical (unpaired) electrons. The van der Waals surface area contributed by atoms with Crippen LogP contribution in [0.5, 0.6) is 0 Å². The first-order valence-corrected chi connectivity index (χ1v) is 9.74. The van der Waals surface area contributed by atoms with Crippen LogP contribution < -0.4 is 11.1 Å². The van der Waals surface area contributed by atoms with E-state index in [9.17, 15) is 38.1 Å². The van der Waals surface area contributed by atoms with Gasteiger partial charge < -0.3 is 56.4 Å². The Morgan fingerprint density at radius 2 is 1.42 bits per heavy atom. The zero-order valence-corrected chi connectivity index (χ0v) is 17.0. The highest BCUT2D eigenvalue weighted by Gasteiger charge is 2.35. The monoisotopic (exact) mass is 480 g/mol. The van der Waals surface area contributed by atoms with Gasteiger partial charge in [0, 0.05) is 6.92 Å². The number of carbonyl (C=O) groups is 3. The number of nitrogens with one attached hydrogen (secondary N) is 1. The molecule has 0 saturated heterocycles. The molecule has 0 rings (SSSR count). The SMILES string of the molecule is CC(=O)N[C@H](C=O)[C@@H](O)[C@H](O)[C@H](O)CO.N[C@@H](C=O)[C@@H](OS(=O)(=O)O)[C@H](O)[C@H](O)CO. The van der Waals surface area contributed by atoms with E-state index < -0.39 is 78.2 Å². The Bertz CT molecular complexity index is 647. The number of hydrogen-bond acceptors (Lipinski definition) is 14. The van der Waals surface area contributed by atoms with Crippen molar-refractivity contribution in [3.8, 4) is 0 Å². The molecule has 0 spiro atoms. The van der Waals surface area contributed by atoms with Gasteiger partial charge in [0.05, 0.1) is 19.3 Å². The van der Waals surface area contributed by atoms with Crippen LogP contribution in [0.3, 0.4) is 0 Å². The van der Waals surface area contributed by atoms with Crippen molar-refractivity contribution < 1.29 is 67.3 Å². The number of aliphatic hydroxyl groups excluding tert-OH is 7. The predicted octanol–water partition coefficient (Wildman–Crippen LogP) is -6.82. The predicted molar refractivity (Wildman–Crippen MR) is 98.3 cm³/mol. The van der Waals surface area contributed by atoms with Crippen LogP contribution in [-0.2, 0) is 29.0 Å². The van der Waals surface area contributed by atoms with Crippen LogP contribution in [0.2, 0.25) is 0 Å². The average molecular weight is 480 g/mol. The Kier molecular flexibility index (Phi) is 15.5.